The van der Waals surface area contributed by atoms with Gasteiger partial charge in [0.15, 0.2) is 0 Å². The van der Waals surface area contributed by atoms with Gasteiger partial charge < -0.3 is 15.0 Å². The first-order valence-corrected chi connectivity index (χ1v) is 5.71. The Bertz CT molecular complexity index is 327. The van der Waals surface area contributed by atoms with Gasteiger partial charge in [0.2, 0.25) is 0 Å². The molecule has 0 aliphatic carbocycles. The lowest BCUT2D eigenvalue weighted by molar-refractivity contribution is 0.0606. The fraction of sp³-hybridized carbons (Fsp3) is 0.750. The molecule has 0 amide bonds. The van der Waals surface area contributed by atoms with Crippen molar-refractivity contribution >= 4 is 0 Å². The van der Waals surface area contributed by atoms with Crippen LogP contribution in [0.1, 0.15) is 39.6 Å². The van der Waals surface area contributed by atoms with Crippen LogP contribution in [0.3, 0.4) is 0 Å². The number of nitrogens with zero attached hydrogens (tertiary/aromatic N) is 2. The fourth-order valence-electron chi connectivity index (χ4n) is 1.48. The Balaban J connectivity index is 2.48. The van der Waals surface area contributed by atoms with E-state index in [9.17, 15) is 5.11 Å². The summed E-state index contributed by atoms with van der Waals surface area (Å²) >= 11 is 0. The minimum Gasteiger partial charge on any atom is -0.391 e. The van der Waals surface area contributed by atoms with Crippen LogP contribution in [0, 0.1) is 5.41 Å². The van der Waals surface area contributed by atoms with Gasteiger partial charge in [0.25, 0.3) is 0 Å². The third kappa shape index (κ3) is 3.32. The van der Waals surface area contributed by atoms with Crippen molar-refractivity contribution in [3.8, 4) is 0 Å². The van der Waals surface area contributed by atoms with E-state index >= 15 is 0 Å². The molecule has 92 valence electrons. The van der Waals surface area contributed by atoms with Crippen molar-refractivity contribution in [2.75, 3.05) is 6.54 Å². The second kappa shape index (κ2) is 4.97. The zero-order valence-corrected chi connectivity index (χ0v) is 10.9. The maximum atomic E-state index is 9.91. The molecule has 0 aromatic carbocycles. The molecule has 0 saturated carbocycles. The first-order valence-electron chi connectivity index (χ1n) is 5.71. The van der Waals surface area contributed by atoms with Gasteiger partial charge in [-0.15, -0.1) is 0 Å². The summed E-state index contributed by atoms with van der Waals surface area (Å²) in [4.78, 5) is 4.27. The van der Waals surface area contributed by atoms with Gasteiger partial charge in [0.1, 0.15) is 5.82 Å². The molecule has 0 spiro atoms. The molecular weight excluding hydrogens is 202 g/mol. The summed E-state index contributed by atoms with van der Waals surface area (Å²) < 4.78 is 1.99. The summed E-state index contributed by atoms with van der Waals surface area (Å²) in [5, 5.41) is 13.2. The topological polar surface area (TPSA) is 50.1 Å². The van der Waals surface area contributed by atoms with Crippen LogP contribution in [0.5, 0.6) is 0 Å². The van der Waals surface area contributed by atoms with Crippen LogP contribution < -0.4 is 5.32 Å². The van der Waals surface area contributed by atoms with Crippen LogP contribution in [-0.2, 0) is 7.05 Å². The Morgan fingerprint density at radius 3 is 2.56 bits per heavy atom. The summed E-state index contributed by atoms with van der Waals surface area (Å²) in [6, 6.07) is 0.150. The molecule has 1 aromatic heterocycles. The molecule has 0 bridgehead atoms. The molecule has 0 aliphatic heterocycles. The summed E-state index contributed by atoms with van der Waals surface area (Å²) in [7, 11) is 1.97. The first-order chi connectivity index (χ1) is 7.32. The normalized spacial score (nSPS) is 16.1. The van der Waals surface area contributed by atoms with Gasteiger partial charge in [0.05, 0.1) is 12.1 Å². The standard InChI is InChI=1S/C12H23N3O/c1-9(11-13-6-7-15(11)5)14-8-10(16)12(2,3)4/h6-7,9-10,14,16H,8H2,1-5H3. The lowest BCUT2D eigenvalue weighted by atomic mass is 9.89. The highest BCUT2D eigenvalue weighted by Crippen LogP contribution is 2.19. The quantitative estimate of drug-likeness (QED) is 0.816. The zero-order valence-electron chi connectivity index (χ0n) is 10.9. The van der Waals surface area contributed by atoms with Crippen molar-refractivity contribution in [2.45, 2.75) is 39.8 Å². The molecule has 0 fully saturated rings. The van der Waals surface area contributed by atoms with Gasteiger partial charge in [-0.3, -0.25) is 0 Å². The van der Waals surface area contributed by atoms with Crippen LogP contribution in [0.15, 0.2) is 12.4 Å². The van der Waals surface area contributed by atoms with Crippen LogP contribution >= 0.6 is 0 Å². The third-order valence-electron chi connectivity index (χ3n) is 2.86. The second-order valence-electron chi connectivity index (χ2n) is 5.41. The van der Waals surface area contributed by atoms with Crippen molar-refractivity contribution in [2.24, 2.45) is 12.5 Å². The van der Waals surface area contributed by atoms with E-state index in [-0.39, 0.29) is 17.6 Å². The Labute approximate surface area is 97.7 Å². The summed E-state index contributed by atoms with van der Waals surface area (Å²) in [6.45, 7) is 8.73. The smallest absolute Gasteiger partial charge is 0.125 e. The van der Waals surface area contributed by atoms with E-state index in [1.165, 1.54) is 0 Å². The van der Waals surface area contributed by atoms with Crippen molar-refractivity contribution in [1.29, 1.82) is 0 Å². The highest BCUT2D eigenvalue weighted by Gasteiger charge is 2.22. The third-order valence-corrected chi connectivity index (χ3v) is 2.86. The van der Waals surface area contributed by atoms with Gasteiger partial charge in [0, 0.05) is 26.0 Å². The van der Waals surface area contributed by atoms with Crippen LogP contribution in [-0.4, -0.2) is 27.3 Å². The van der Waals surface area contributed by atoms with Crippen molar-refractivity contribution in [1.82, 2.24) is 14.9 Å². The largest absolute Gasteiger partial charge is 0.391 e. The van der Waals surface area contributed by atoms with Gasteiger partial charge in [-0.2, -0.15) is 0 Å². The van der Waals surface area contributed by atoms with Gasteiger partial charge in [-0.05, 0) is 12.3 Å². The number of hydrogen-bond acceptors (Lipinski definition) is 3. The number of rotatable bonds is 4. The summed E-state index contributed by atoms with van der Waals surface area (Å²) in [5.74, 6) is 0.987. The molecule has 2 unspecified atom stereocenters. The molecular formula is C12H23N3O. The average Bonchev–Trinajstić information content (AvgIpc) is 2.58. The molecule has 1 aromatic rings. The highest BCUT2D eigenvalue weighted by molar-refractivity contribution is 4.97. The van der Waals surface area contributed by atoms with Gasteiger partial charge in [-0.1, -0.05) is 20.8 Å². The number of aryl methyl sites for hydroxylation is 1. The van der Waals surface area contributed by atoms with E-state index < -0.39 is 0 Å². The van der Waals surface area contributed by atoms with E-state index in [0.29, 0.717) is 6.54 Å². The zero-order chi connectivity index (χ0) is 12.3. The Morgan fingerprint density at radius 2 is 2.12 bits per heavy atom. The van der Waals surface area contributed by atoms with E-state index in [4.69, 9.17) is 0 Å². The molecule has 4 heteroatoms. The van der Waals surface area contributed by atoms with Crippen LogP contribution in [0.25, 0.3) is 0 Å². The van der Waals surface area contributed by atoms with E-state index in [2.05, 4.69) is 17.2 Å². The Hall–Kier alpha value is -0.870. The lowest BCUT2D eigenvalue weighted by Crippen LogP contribution is -2.38. The predicted octanol–water partition coefficient (Wildman–Crippen LogP) is 1.48. The van der Waals surface area contributed by atoms with E-state index in [1.54, 1.807) is 6.20 Å². The van der Waals surface area contributed by atoms with Crippen LogP contribution in [0.2, 0.25) is 0 Å². The molecule has 0 radical (unpaired) electrons. The number of aliphatic hydroxyl groups is 1. The maximum Gasteiger partial charge on any atom is 0.125 e. The summed E-state index contributed by atoms with van der Waals surface area (Å²) in [6.07, 6.45) is 3.36. The molecule has 2 atom stereocenters. The second-order valence-corrected chi connectivity index (χ2v) is 5.41. The number of hydrogen-bond donors (Lipinski definition) is 2. The number of aromatic nitrogens is 2. The van der Waals surface area contributed by atoms with E-state index in [1.807, 2.05) is 38.6 Å². The van der Waals surface area contributed by atoms with Crippen molar-refractivity contribution in [3.05, 3.63) is 18.2 Å². The average molecular weight is 225 g/mol. The first kappa shape index (κ1) is 13.2. The monoisotopic (exact) mass is 225 g/mol. The molecule has 4 nitrogen and oxygen atoms in total. The molecule has 0 saturated heterocycles. The van der Waals surface area contributed by atoms with Crippen molar-refractivity contribution < 1.29 is 5.11 Å². The Morgan fingerprint density at radius 1 is 1.50 bits per heavy atom. The van der Waals surface area contributed by atoms with E-state index in [0.717, 1.165) is 5.82 Å². The minimum atomic E-state index is -0.352. The number of imidazole rings is 1. The van der Waals surface area contributed by atoms with Gasteiger partial charge in [-0.25, -0.2) is 4.98 Å². The molecule has 1 heterocycles. The highest BCUT2D eigenvalue weighted by atomic mass is 16.3. The van der Waals surface area contributed by atoms with Crippen molar-refractivity contribution in [3.63, 3.8) is 0 Å². The van der Waals surface area contributed by atoms with Gasteiger partial charge >= 0.3 is 0 Å². The number of nitrogens with one attached hydrogen (secondary N) is 1. The summed E-state index contributed by atoms with van der Waals surface area (Å²) in [5.41, 5.74) is -0.0889. The fourth-order valence-corrected chi connectivity index (χ4v) is 1.48. The Kier molecular flexibility index (Phi) is 4.10. The molecule has 0 aliphatic rings. The predicted molar refractivity (Wildman–Crippen MR) is 65.1 cm³/mol. The molecule has 1 rings (SSSR count). The SMILES string of the molecule is CC(NCC(O)C(C)(C)C)c1nccn1C. The minimum absolute atomic E-state index is 0.0889. The maximum absolute atomic E-state index is 9.91. The lowest BCUT2D eigenvalue weighted by Gasteiger charge is -2.27. The number of aliphatic hydroxyl groups excluding tert-OH is 1. The van der Waals surface area contributed by atoms with Crippen LogP contribution in [0.4, 0.5) is 0 Å². The molecule has 16 heavy (non-hydrogen) atoms. The molecule has 2 N–H and O–H groups in total.